The second kappa shape index (κ2) is 12.2. The van der Waals surface area contributed by atoms with Crippen LogP contribution >= 0.6 is 0 Å². The largest absolute Gasteiger partial charge is 0.497 e. The number of nitrogens with one attached hydrogen (secondary N) is 1. The number of hydrogen-bond donors (Lipinski definition) is 1. The standard InChI is InChI=1S/C27H30FN3O5/c1-34-23-12-10-22(11-13-23)29-27(33)31(18-25-5-3-15-36-25)19-26(32)30(17-24-4-2-14-35-24)16-20-6-8-21(28)9-7-20/h2,4,6-14,25H,3,5,15-19H2,1H3,(H,29,33). The first-order chi connectivity index (χ1) is 17.5. The molecule has 1 saturated heterocycles. The smallest absolute Gasteiger partial charge is 0.322 e. The average molecular weight is 496 g/mol. The molecule has 9 heteroatoms. The van der Waals surface area contributed by atoms with E-state index >= 15 is 0 Å². The highest BCUT2D eigenvalue weighted by molar-refractivity contribution is 5.92. The van der Waals surface area contributed by atoms with Gasteiger partial charge in [0.25, 0.3) is 0 Å². The number of rotatable bonds is 10. The zero-order valence-corrected chi connectivity index (χ0v) is 20.2. The molecule has 1 unspecified atom stereocenters. The topological polar surface area (TPSA) is 84.3 Å². The van der Waals surface area contributed by atoms with E-state index in [1.807, 2.05) is 0 Å². The molecule has 1 aromatic heterocycles. The second-order valence-corrected chi connectivity index (χ2v) is 8.63. The molecule has 1 fully saturated rings. The zero-order chi connectivity index (χ0) is 25.3. The van der Waals surface area contributed by atoms with Crippen molar-refractivity contribution in [3.05, 3.63) is 84.1 Å². The van der Waals surface area contributed by atoms with Crippen LogP contribution in [0.5, 0.6) is 5.75 Å². The van der Waals surface area contributed by atoms with Crippen LogP contribution in [0.15, 0.2) is 71.3 Å². The Morgan fingerprint density at radius 2 is 1.83 bits per heavy atom. The third-order valence-electron chi connectivity index (χ3n) is 5.97. The first-order valence-electron chi connectivity index (χ1n) is 11.9. The number of ether oxygens (including phenoxy) is 2. The van der Waals surface area contributed by atoms with Crippen LogP contribution in [0.2, 0.25) is 0 Å². The molecule has 0 spiro atoms. The number of carbonyl (C=O) groups is 2. The maximum Gasteiger partial charge on any atom is 0.322 e. The molecule has 8 nitrogen and oxygen atoms in total. The number of benzene rings is 2. The fourth-order valence-corrected chi connectivity index (χ4v) is 4.03. The summed E-state index contributed by atoms with van der Waals surface area (Å²) in [4.78, 5) is 29.8. The Kier molecular flexibility index (Phi) is 8.57. The van der Waals surface area contributed by atoms with Crippen LogP contribution in [0.1, 0.15) is 24.2 Å². The number of carbonyl (C=O) groups excluding carboxylic acids is 2. The quantitative estimate of drug-likeness (QED) is 0.442. The summed E-state index contributed by atoms with van der Waals surface area (Å²) in [7, 11) is 1.57. The van der Waals surface area contributed by atoms with Crippen LogP contribution in [0.3, 0.4) is 0 Å². The lowest BCUT2D eigenvalue weighted by atomic mass is 10.2. The van der Waals surface area contributed by atoms with Gasteiger partial charge in [-0.05, 0) is 66.9 Å². The van der Waals surface area contributed by atoms with Crippen molar-refractivity contribution in [2.75, 3.05) is 32.1 Å². The van der Waals surface area contributed by atoms with Crippen molar-refractivity contribution in [2.24, 2.45) is 0 Å². The lowest BCUT2D eigenvalue weighted by molar-refractivity contribution is -0.133. The Labute approximate surface area is 209 Å². The number of amides is 3. The molecule has 190 valence electrons. The van der Waals surface area contributed by atoms with Gasteiger partial charge in [-0.15, -0.1) is 0 Å². The zero-order valence-electron chi connectivity index (χ0n) is 20.2. The number of furan rings is 1. The molecule has 2 heterocycles. The van der Waals surface area contributed by atoms with Gasteiger partial charge in [-0.2, -0.15) is 0 Å². The second-order valence-electron chi connectivity index (χ2n) is 8.63. The van der Waals surface area contributed by atoms with E-state index in [0.29, 0.717) is 30.3 Å². The van der Waals surface area contributed by atoms with E-state index in [-0.39, 0.29) is 37.5 Å². The van der Waals surface area contributed by atoms with Crippen molar-refractivity contribution in [1.29, 1.82) is 0 Å². The van der Waals surface area contributed by atoms with Crippen LogP contribution in [0, 0.1) is 5.82 Å². The van der Waals surface area contributed by atoms with Crippen LogP contribution in [0.25, 0.3) is 0 Å². The van der Waals surface area contributed by atoms with Gasteiger partial charge >= 0.3 is 6.03 Å². The molecule has 1 atom stereocenters. The van der Waals surface area contributed by atoms with Crippen molar-refractivity contribution in [3.63, 3.8) is 0 Å². The summed E-state index contributed by atoms with van der Waals surface area (Å²) >= 11 is 0. The molecule has 0 radical (unpaired) electrons. The van der Waals surface area contributed by atoms with Crippen LogP contribution in [0.4, 0.5) is 14.9 Å². The van der Waals surface area contributed by atoms with E-state index < -0.39 is 6.03 Å². The molecule has 0 aliphatic carbocycles. The van der Waals surface area contributed by atoms with Gasteiger partial charge in [0, 0.05) is 25.4 Å². The summed E-state index contributed by atoms with van der Waals surface area (Å²) in [6, 6.07) is 16.1. The highest BCUT2D eigenvalue weighted by Crippen LogP contribution is 2.18. The van der Waals surface area contributed by atoms with Gasteiger partial charge in [-0.25, -0.2) is 9.18 Å². The van der Waals surface area contributed by atoms with Crippen molar-refractivity contribution in [1.82, 2.24) is 9.80 Å². The van der Waals surface area contributed by atoms with Gasteiger partial charge in [0.05, 0.1) is 26.0 Å². The van der Waals surface area contributed by atoms with Crippen molar-refractivity contribution in [3.8, 4) is 5.75 Å². The van der Waals surface area contributed by atoms with Gasteiger partial charge in [-0.1, -0.05) is 12.1 Å². The number of halogens is 1. The summed E-state index contributed by atoms with van der Waals surface area (Å²) < 4.78 is 29.8. The van der Waals surface area contributed by atoms with Gasteiger partial charge in [0.2, 0.25) is 5.91 Å². The van der Waals surface area contributed by atoms with Gasteiger partial charge in [0.1, 0.15) is 23.9 Å². The molecule has 1 aliphatic heterocycles. The fraction of sp³-hybridized carbons (Fsp3) is 0.333. The van der Waals surface area contributed by atoms with E-state index in [1.165, 1.54) is 17.0 Å². The summed E-state index contributed by atoms with van der Waals surface area (Å²) in [5, 5.41) is 2.86. The molecule has 2 aromatic carbocycles. The fourth-order valence-electron chi connectivity index (χ4n) is 4.03. The molecule has 0 bridgehead atoms. The summed E-state index contributed by atoms with van der Waals surface area (Å²) in [5.41, 5.74) is 1.36. The average Bonchev–Trinajstić information content (AvgIpc) is 3.59. The van der Waals surface area contributed by atoms with Crippen LogP contribution < -0.4 is 10.1 Å². The van der Waals surface area contributed by atoms with Crippen molar-refractivity contribution < 1.29 is 27.9 Å². The Morgan fingerprint density at radius 1 is 1.06 bits per heavy atom. The highest BCUT2D eigenvalue weighted by atomic mass is 19.1. The van der Waals surface area contributed by atoms with Crippen LogP contribution in [-0.2, 0) is 22.6 Å². The number of hydrogen-bond acceptors (Lipinski definition) is 5. The number of anilines is 1. The minimum atomic E-state index is -0.399. The monoisotopic (exact) mass is 495 g/mol. The molecule has 0 saturated carbocycles. The summed E-state index contributed by atoms with van der Waals surface area (Å²) in [5.74, 6) is 0.673. The number of methoxy groups -OCH3 is 1. The predicted octanol–water partition coefficient (Wildman–Crippen LogP) is 4.67. The normalized spacial score (nSPS) is 14.9. The first-order valence-corrected chi connectivity index (χ1v) is 11.9. The summed E-state index contributed by atoms with van der Waals surface area (Å²) in [6.07, 6.45) is 3.16. The van der Waals surface area contributed by atoms with Crippen LogP contribution in [-0.4, -0.2) is 54.6 Å². The van der Waals surface area contributed by atoms with E-state index in [0.717, 1.165) is 18.4 Å². The maximum absolute atomic E-state index is 13.5. The van der Waals surface area contributed by atoms with E-state index in [9.17, 15) is 14.0 Å². The number of urea groups is 1. The van der Waals surface area contributed by atoms with Gasteiger partial charge in [0.15, 0.2) is 0 Å². The van der Waals surface area contributed by atoms with E-state index in [2.05, 4.69) is 5.32 Å². The molecular formula is C27H30FN3O5. The third kappa shape index (κ3) is 7.08. The lowest BCUT2D eigenvalue weighted by Gasteiger charge is -2.29. The molecule has 4 rings (SSSR count). The SMILES string of the molecule is COc1ccc(NC(=O)N(CC(=O)N(Cc2ccc(F)cc2)Cc2ccco2)CC2CCCO2)cc1. The van der Waals surface area contributed by atoms with E-state index in [1.54, 1.807) is 66.8 Å². The Balaban J connectivity index is 1.49. The molecule has 36 heavy (non-hydrogen) atoms. The van der Waals surface area contributed by atoms with Crippen molar-refractivity contribution >= 4 is 17.6 Å². The third-order valence-corrected chi connectivity index (χ3v) is 5.97. The Morgan fingerprint density at radius 3 is 2.47 bits per heavy atom. The number of nitrogens with zero attached hydrogens (tertiary/aromatic N) is 2. The molecular weight excluding hydrogens is 465 g/mol. The lowest BCUT2D eigenvalue weighted by Crippen LogP contribution is -2.46. The molecule has 1 aliphatic rings. The minimum Gasteiger partial charge on any atom is -0.497 e. The Hall–Kier alpha value is -3.85. The summed E-state index contributed by atoms with van der Waals surface area (Å²) in [6.45, 7) is 1.25. The first kappa shape index (κ1) is 25.2. The van der Waals surface area contributed by atoms with E-state index in [4.69, 9.17) is 13.9 Å². The Bertz CT molecular complexity index is 1110. The minimum absolute atomic E-state index is 0.130. The molecule has 3 amide bonds. The predicted molar refractivity (Wildman–Crippen MR) is 132 cm³/mol. The maximum atomic E-state index is 13.5. The van der Waals surface area contributed by atoms with Gasteiger partial charge in [-0.3, -0.25) is 4.79 Å². The van der Waals surface area contributed by atoms with Crippen molar-refractivity contribution in [2.45, 2.75) is 32.0 Å². The molecule has 1 N–H and O–H groups in total. The molecule has 3 aromatic rings. The highest BCUT2D eigenvalue weighted by Gasteiger charge is 2.27. The van der Waals surface area contributed by atoms with Gasteiger partial charge < -0.3 is 29.0 Å².